The number of aromatic nitrogens is 2. The average molecular weight is 451 g/mol. The Morgan fingerprint density at radius 1 is 1.12 bits per heavy atom. The molecule has 1 aromatic heterocycles. The van der Waals surface area contributed by atoms with Gasteiger partial charge >= 0.3 is 0 Å². The summed E-state index contributed by atoms with van der Waals surface area (Å²) in [6.45, 7) is 0.937. The average Bonchev–Trinajstić information content (AvgIpc) is 3.28. The van der Waals surface area contributed by atoms with Gasteiger partial charge in [-0.2, -0.15) is 0 Å². The molecule has 1 fully saturated rings. The molecule has 1 atom stereocenters. The fourth-order valence-electron chi connectivity index (χ4n) is 4.22. The highest BCUT2D eigenvalue weighted by atomic mass is 19.1. The quantitative estimate of drug-likeness (QED) is 0.625. The number of para-hydroxylation sites is 1. The van der Waals surface area contributed by atoms with Gasteiger partial charge in [-0.3, -0.25) is 9.59 Å². The Bertz CT molecular complexity index is 1120. The number of amides is 2. The molecule has 1 aliphatic heterocycles. The molecular weight excluding hydrogens is 423 g/mol. The van der Waals surface area contributed by atoms with Crippen LogP contribution in [0.4, 0.5) is 4.39 Å². The predicted octanol–water partition coefficient (Wildman–Crippen LogP) is 3.33. The van der Waals surface area contributed by atoms with Gasteiger partial charge in [-0.25, -0.2) is 9.37 Å². The first-order valence-electron chi connectivity index (χ1n) is 10.9. The predicted molar refractivity (Wildman–Crippen MR) is 121 cm³/mol. The zero-order valence-corrected chi connectivity index (χ0v) is 18.7. The summed E-state index contributed by atoms with van der Waals surface area (Å²) in [4.78, 5) is 32.1. The summed E-state index contributed by atoms with van der Waals surface area (Å²) in [5.41, 5.74) is 1.27. The van der Waals surface area contributed by atoms with Crippen molar-refractivity contribution < 1.29 is 18.7 Å². The van der Waals surface area contributed by atoms with E-state index in [0.717, 1.165) is 5.56 Å². The number of methoxy groups -OCH3 is 1. The largest absolute Gasteiger partial charge is 0.496 e. The van der Waals surface area contributed by atoms with E-state index in [4.69, 9.17) is 4.74 Å². The summed E-state index contributed by atoms with van der Waals surface area (Å²) in [6, 6.07) is 12.6. The van der Waals surface area contributed by atoms with Crippen molar-refractivity contribution in [1.82, 2.24) is 19.8 Å². The van der Waals surface area contributed by atoms with E-state index in [1.165, 1.54) is 24.3 Å². The molecule has 1 aliphatic rings. The molecule has 2 amide bonds. The summed E-state index contributed by atoms with van der Waals surface area (Å²) in [6.07, 6.45) is 4.64. The van der Waals surface area contributed by atoms with Crippen molar-refractivity contribution in [3.05, 3.63) is 83.7 Å². The van der Waals surface area contributed by atoms with Gasteiger partial charge in [0.15, 0.2) is 0 Å². The molecule has 4 rings (SSSR count). The molecule has 2 heterocycles. The van der Waals surface area contributed by atoms with E-state index < -0.39 is 6.04 Å². The molecule has 1 N–H and O–H groups in total. The number of halogens is 1. The third-order valence-corrected chi connectivity index (χ3v) is 6.10. The lowest BCUT2D eigenvalue weighted by Gasteiger charge is -2.32. The topological polar surface area (TPSA) is 76.5 Å². The van der Waals surface area contributed by atoms with E-state index in [9.17, 15) is 14.0 Å². The molecule has 0 aliphatic carbocycles. The van der Waals surface area contributed by atoms with Crippen molar-refractivity contribution in [2.75, 3.05) is 20.2 Å². The standard InChI is InChI=1S/C25H27FN4O3/c1-29-16-13-27-23(29)22(20-5-3-4-6-21(20)33-2)28-24(31)17-11-14-30(15-12-17)25(32)18-7-9-19(26)10-8-18/h3-10,13,16-17,22H,11-12,14-15H2,1-2H3,(H,28,31). The third-order valence-electron chi connectivity index (χ3n) is 6.10. The van der Waals surface area contributed by atoms with Crippen LogP contribution in [-0.4, -0.2) is 46.5 Å². The van der Waals surface area contributed by atoms with Crippen LogP contribution in [0.25, 0.3) is 0 Å². The Kier molecular flexibility index (Phi) is 6.72. The lowest BCUT2D eigenvalue weighted by Crippen LogP contribution is -2.44. The van der Waals surface area contributed by atoms with Gasteiger partial charge < -0.3 is 19.5 Å². The number of piperidine rings is 1. The van der Waals surface area contributed by atoms with Crippen molar-refractivity contribution in [2.24, 2.45) is 13.0 Å². The van der Waals surface area contributed by atoms with Crippen molar-refractivity contribution in [3.8, 4) is 5.75 Å². The fraction of sp³-hybridized carbons (Fsp3) is 0.320. The van der Waals surface area contributed by atoms with E-state index in [1.54, 1.807) is 18.2 Å². The van der Waals surface area contributed by atoms with Crippen LogP contribution in [0.1, 0.15) is 40.6 Å². The summed E-state index contributed by atoms with van der Waals surface area (Å²) in [5, 5.41) is 3.16. The number of benzene rings is 2. The zero-order chi connectivity index (χ0) is 23.4. The van der Waals surface area contributed by atoms with E-state index in [0.29, 0.717) is 43.1 Å². The maximum atomic E-state index is 13.2. The van der Waals surface area contributed by atoms with Crippen LogP contribution >= 0.6 is 0 Å². The first-order chi connectivity index (χ1) is 16.0. The van der Waals surface area contributed by atoms with Gasteiger partial charge in [0.05, 0.1) is 7.11 Å². The molecule has 2 aromatic carbocycles. The van der Waals surface area contributed by atoms with E-state index >= 15 is 0 Å². The van der Waals surface area contributed by atoms with E-state index in [2.05, 4.69) is 10.3 Å². The van der Waals surface area contributed by atoms with Crippen LogP contribution in [0.15, 0.2) is 60.9 Å². The number of ether oxygens (including phenoxy) is 1. The minimum Gasteiger partial charge on any atom is -0.496 e. The number of nitrogens with one attached hydrogen (secondary N) is 1. The molecule has 33 heavy (non-hydrogen) atoms. The Hall–Kier alpha value is -3.68. The van der Waals surface area contributed by atoms with Crippen LogP contribution in [0.5, 0.6) is 5.75 Å². The Labute approximate surface area is 192 Å². The second-order valence-corrected chi connectivity index (χ2v) is 8.15. The molecule has 0 saturated carbocycles. The fourth-order valence-corrected chi connectivity index (χ4v) is 4.22. The third kappa shape index (κ3) is 4.89. The normalized spacial score (nSPS) is 15.2. The van der Waals surface area contributed by atoms with Crippen LogP contribution in [-0.2, 0) is 11.8 Å². The lowest BCUT2D eigenvalue weighted by atomic mass is 9.94. The molecule has 172 valence electrons. The number of aryl methyl sites for hydroxylation is 1. The van der Waals surface area contributed by atoms with Crippen LogP contribution in [0, 0.1) is 11.7 Å². The first kappa shape index (κ1) is 22.5. The first-order valence-corrected chi connectivity index (χ1v) is 10.9. The maximum absolute atomic E-state index is 13.2. The molecule has 0 radical (unpaired) electrons. The molecule has 1 unspecified atom stereocenters. The van der Waals surface area contributed by atoms with Gasteiger partial charge in [-0.05, 0) is 43.2 Å². The summed E-state index contributed by atoms with van der Waals surface area (Å²) >= 11 is 0. The van der Waals surface area contributed by atoms with Gasteiger partial charge in [0, 0.05) is 49.6 Å². The molecule has 1 saturated heterocycles. The lowest BCUT2D eigenvalue weighted by molar-refractivity contribution is -0.126. The van der Waals surface area contributed by atoms with Crippen LogP contribution in [0.2, 0.25) is 0 Å². The SMILES string of the molecule is COc1ccccc1C(NC(=O)C1CCN(C(=O)c2ccc(F)cc2)CC1)c1nccn1C. The molecule has 3 aromatic rings. The van der Waals surface area contributed by atoms with Crippen LogP contribution in [0.3, 0.4) is 0 Å². The number of hydrogen-bond donors (Lipinski definition) is 1. The highest BCUT2D eigenvalue weighted by Gasteiger charge is 2.31. The number of nitrogens with zero attached hydrogens (tertiary/aromatic N) is 3. The monoisotopic (exact) mass is 450 g/mol. The number of hydrogen-bond acceptors (Lipinski definition) is 4. The minimum atomic E-state index is -0.465. The van der Waals surface area contributed by atoms with Gasteiger partial charge in [0.1, 0.15) is 23.4 Å². The Morgan fingerprint density at radius 2 is 1.82 bits per heavy atom. The second-order valence-electron chi connectivity index (χ2n) is 8.15. The van der Waals surface area contributed by atoms with Crippen molar-refractivity contribution >= 4 is 11.8 Å². The summed E-state index contributed by atoms with van der Waals surface area (Å²) < 4.78 is 20.6. The van der Waals surface area contributed by atoms with Gasteiger partial charge in [0.2, 0.25) is 5.91 Å². The highest BCUT2D eigenvalue weighted by Crippen LogP contribution is 2.30. The maximum Gasteiger partial charge on any atom is 0.253 e. The van der Waals surface area contributed by atoms with Crippen LogP contribution < -0.4 is 10.1 Å². The highest BCUT2D eigenvalue weighted by molar-refractivity contribution is 5.94. The molecule has 7 nitrogen and oxygen atoms in total. The van der Waals surface area contributed by atoms with Gasteiger partial charge in [0.25, 0.3) is 5.91 Å². The number of carbonyl (C=O) groups is 2. The van der Waals surface area contributed by atoms with Crippen molar-refractivity contribution in [2.45, 2.75) is 18.9 Å². The zero-order valence-electron chi connectivity index (χ0n) is 18.7. The van der Waals surface area contributed by atoms with E-state index in [-0.39, 0.29) is 23.5 Å². The summed E-state index contributed by atoms with van der Waals surface area (Å²) in [5.74, 6) is 0.554. The Balaban J connectivity index is 1.45. The number of carbonyl (C=O) groups excluding carboxylic acids is 2. The van der Waals surface area contributed by atoms with Crippen molar-refractivity contribution in [3.63, 3.8) is 0 Å². The second kappa shape index (κ2) is 9.85. The van der Waals surface area contributed by atoms with E-state index in [1.807, 2.05) is 42.1 Å². The smallest absolute Gasteiger partial charge is 0.253 e. The molecule has 0 spiro atoms. The molecular formula is C25H27FN4O3. The van der Waals surface area contributed by atoms with Gasteiger partial charge in [-0.15, -0.1) is 0 Å². The van der Waals surface area contributed by atoms with Gasteiger partial charge in [-0.1, -0.05) is 18.2 Å². The number of imidazole rings is 1. The Morgan fingerprint density at radius 3 is 2.45 bits per heavy atom. The molecule has 8 heteroatoms. The number of rotatable bonds is 6. The number of likely N-dealkylation sites (tertiary alicyclic amines) is 1. The minimum absolute atomic E-state index is 0.0808. The summed E-state index contributed by atoms with van der Waals surface area (Å²) in [7, 11) is 3.49. The van der Waals surface area contributed by atoms with Crippen molar-refractivity contribution in [1.29, 1.82) is 0 Å². The molecule has 0 bridgehead atoms.